The molecule has 0 saturated carbocycles. The van der Waals surface area contributed by atoms with Gasteiger partial charge in [-0.3, -0.25) is 0 Å². The second kappa shape index (κ2) is 8.31. The number of carbonyl (C=O) groups excluding carboxylic acids is 1. The molecule has 0 fully saturated rings. The third-order valence-electron chi connectivity index (χ3n) is 3.36. The van der Waals surface area contributed by atoms with Crippen LogP contribution in [0, 0.1) is 0 Å². The fraction of sp³-hybridized carbons (Fsp3) is 0.316. The molecular formula is C19H21Br2NO4. The van der Waals surface area contributed by atoms with Gasteiger partial charge in [0.15, 0.2) is 0 Å². The molecule has 0 saturated heterocycles. The van der Waals surface area contributed by atoms with Crippen molar-refractivity contribution in [1.29, 1.82) is 0 Å². The maximum atomic E-state index is 13.0. The Morgan fingerprint density at radius 2 is 1.31 bits per heavy atom. The van der Waals surface area contributed by atoms with E-state index in [9.17, 15) is 4.79 Å². The molecular weight excluding hydrogens is 466 g/mol. The zero-order valence-electron chi connectivity index (χ0n) is 15.3. The van der Waals surface area contributed by atoms with Crippen LogP contribution in [0.2, 0.25) is 0 Å². The van der Waals surface area contributed by atoms with E-state index >= 15 is 0 Å². The van der Waals surface area contributed by atoms with Gasteiger partial charge in [0.2, 0.25) is 0 Å². The van der Waals surface area contributed by atoms with E-state index in [-0.39, 0.29) is 0 Å². The Labute approximate surface area is 170 Å². The smallest absolute Gasteiger partial charge is 0.419 e. The molecule has 2 aromatic rings. The Balaban J connectivity index is 2.66. The van der Waals surface area contributed by atoms with Gasteiger partial charge in [0.1, 0.15) is 17.1 Å². The third-order valence-corrected chi connectivity index (χ3v) is 4.71. The standard InChI is InChI=1S/C19H21Br2NO4/c1-19(2,3)26-18(23)22(16-10-12(24-4)6-8-14(16)20)17-11-13(25-5)7-9-15(17)21/h6-11H,1-5H3. The van der Waals surface area contributed by atoms with Crippen molar-refractivity contribution >= 4 is 49.3 Å². The lowest BCUT2D eigenvalue weighted by Gasteiger charge is -2.29. The van der Waals surface area contributed by atoms with Gasteiger partial charge in [0.25, 0.3) is 0 Å². The molecule has 0 heterocycles. The topological polar surface area (TPSA) is 48.0 Å². The summed E-state index contributed by atoms with van der Waals surface area (Å²) < 4.78 is 17.7. The largest absolute Gasteiger partial charge is 0.497 e. The summed E-state index contributed by atoms with van der Waals surface area (Å²) in [6, 6.07) is 10.8. The van der Waals surface area contributed by atoms with Gasteiger partial charge in [0.05, 0.1) is 25.6 Å². The van der Waals surface area contributed by atoms with Crippen molar-refractivity contribution < 1.29 is 19.0 Å². The van der Waals surface area contributed by atoms with Crippen LogP contribution in [0.3, 0.4) is 0 Å². The van der Waals surface area contributed by atoms with Gasteiger partial charge in [-0.15, -0.1) is 0 Å². The van der Waals surface area contributed by atoms with E-state index < -0.39 is 11.7 Å². The molecule has 0 N–H and O–H groups in total. The van der Waals surface area contributed by atoms with Crippen LogP contribution in [-0.4, -0.2) is 25.9 Å². The predicted octanol–water partition coefficient (Wildman–Crippen LogP) is 6.30. The lowest BCUT2D eigenvalue weighted by molar-refractivity contribution is 0.0599. The Morgan fingerprint density at radius 1 is 0.885 bits per heavy atom. The van der Waals surface area contributed by atoms with Crippen LogP contribution in [0.5, 0.6) is 11.5 Å². The summed E-state index contributed by atoms with van der Waals surface area (Å²) in [5, 5.41) is 0. The average molecular weight is 487 g/mol. The third kappa shape index (κ3) is 4.92. The van der Waals surface area contributed by atoms with E-state index in [2.05, 4.69) is 31.9 Å². The van der Waals surface area contributed by atoms with Gasteiger partial charge in [-0.1, -0.05) is 0 Å². The molecule has 1 amide bonds. The number of amides is 1. The first kappa shape index (κ1) is 20.6. The SMILES string of the molecule is COc1ccc(Br)c(N(C(=O)OC(C)(C)C)c2cc(OC)ccc2Br)c1. The number of nitrogens with zero attached hydrogens (tertiary/aromatic N) is 1. The molecule has 0 aliphatic carbocycles. The number of carbonyl (C=O) groups is 1. The van der Waals surface area contributed by atoms with E-state index in [0.717, 1.165) is 8.95 Å². The number of rotatable bonds is 4. The molecule has 0 bridgehead atoms. The van der Waals surface area contributed by atoms with Gasteiger partial charge in [-0.25, -0.2) is 9.69 Å². The maximum Gasteiger partial charge on any atom is 0.419 e. The molecule has 0 aromatic heterocycles. The first-order valence-electron chi connectivity index (χ1n) is 7.86. The Morgan fingerprint density at radius 3 is 1.65 bits per heavy atom. The van der Waals surface area contributed by atoms with Gasteiger partial charge in [-0.05, 0) is 76.9 Å². The molecule has 0 unspecified atom stereocenters. The van der Waals surface area contributed by atoms with Gasteiger partial charge in [0, 0.05) is 21.1 Å². The van der Waals surface area contributed by atoms with Crippen LogP contribution in [-0.2, 0) is 4.74 Å². The highest BCUT2D eigenvalue weighted by Gasteiger charge is 2.28. The van der Waals surface area contributed by atoms with Gasteiger partial charge < -0.3 is 14.2 Å². The molecule has 140 valence electrons. The molecule has 0 radical (unpaired) electrons. The quantitative estimate of drug-likeness (QED) is 0.508. The zero-order chi connectivity index (χ0) is 19.5. The number of hydrogen-bond donors (Lipinski definition) is 0. The summed E-state index contributed by atoms with van der Waals surface area (Å²) in [6.07, 6.45) is -0.514. The molecule has 0 spiro atoms. The van der Waals surface area contributed by atoms with Crippen LogP contribution in [0.25, 0.3) is 0 Å². The van der Waals surface area contributed by atoms with Crippen molar-refractivity contribution in [3.05, 3.63) is 45.3 Å². The average Bonchev–Trinajstić information content (AvgIpc) is 2.56. The monoisotopic (exact) mass is 485 g/mol. The maximum absolute atomic E-state index is 13.0. The summed E-state index contributed by atoms with van der Waals surface area (Å²) in [7, 11) is 3.15. The number of hydrogen-bond acceptors (Lipinski definition) is 4. The van der Waals surface area contributed by atoms with Crippen molar-refractivity contribution in [2.45, 2.75) is 26.4 Å². The number of benzene rings is 2. The Hall–Kier alpha value is -1.73. The van der Waals surface area contributed by atoms with Crippen LogP contribution < -0.4 is 14.4 Å². The minimum Gasteiger partial charge on any atom is -0.497 e. The molecule has 2 aromatic carbocycles. The highest BCUT2D eigenvalue weighted by molar-refractivity contribution is 9.11. The van der Waals surface area contributed by atoms with Crippen LogP contribution in [0.4, 0.5) is 16.2 Å². The molecule has 5 nitrogen and oxygen atoms in total. The van der Waals surface area contributed by atoms with Crippen molar-refractivity contribution in [3.63, 3.8) is 0 Å². The first-order chi connectivity index (χ1) is 12.2. The summed E-state index contributed by atoms with van der Waals surface area (Å²) in [6.45, 7) is 5.47. The molecule has 2 rings (SSSR count). The molecule has 0 atom stereocenters. The van der Waals surface area contributed by atoms with Crippen molar-refractivity contribution in [2.24, 2.45) is 0 Å². The number of methoxy groups -OCH3 is 2. The summed E-state index contributed by atoms with van der Waals surface area (Å²) in [4.78, 5) is 14.5. The van der Waals surface area contributed by atoms with Crippen LogP contribution in [0.15, 0.2) is 45.3 Å². The zero-order valence-corrected chi connectivity index (χ0v) is 18.5. The minimum absolute atomic E-state index is 0.514. The molecule has 26 heavy (non-hydrogen) atoms. The highest BCUT2D eigenvalue weighted by Crippen LogP contribution is 2.40. The normalized spacial score (nSPS) is 11.0. The predicted molar refractivity (Wildman–Crippen MR) is 110 cm³/mol. The number of anilines is 2. The van der Waals surface area contributed by atoms with E-state index in [0.29, 0.717) is 22.9 Å². The van der Waals surface area contributed by atoms with Crippen LogP contribution in [0.1, 0.15) is 20.8 Å². The summed E-state index contributed by atoms with van der Waals surface area (Å²) in [5.41, 5.74) is 0.534. The molecule has 7 heteroatoms. The van der Waals surface area contributed by atoms with E-state index in [4.69, 9.17) is 14.2 Å². The minimum atomic E-state index is -0.647. The van der Waals surface area contributed by atoms with E-state index in [1.54, 1.807) is 26.4 Å². The second-order valence-electron chi connectivity index (χ2n) is 6.45. The summed E-state index contributed by atoms with van der Waals surface area (Å²) in [5.74, 6) is 1.24. The number of halogens is 2. The van der Waals surface area contributed by atoms with E-state index in [1.807, 2.05) is 45.0 Å². The van der Waals surface area contributed by atoms with E-state index in [1.165, 1.54) is 4.90 Å². The fourth-order valence-corrected chi connectivity index (χ4v) is 3.06. The van der Waals surface area contributed by atoms with Gasteiger partial charge >= 0.3 is 6.09 Å². The Kier molecular flexibility index (Phi) is 6.58. The lowest BCUT2D eigenvalue weighted by atomic mass is 10.2. The summed E-state index contributed by atoms with van der Waals surface area (Å²) >= 11 is 7.03. The van der Waals surface area contributed by atoms with Crippen molar-refractivity contribution in [3.8, 4) is 11.5 Å². The Bertz CT molecular complexity index is 749. The highest BCUT2D eigenvalue weighted by atomic mass is 79.9. The first-order valence-corrected chi connectivity index (χ1v) is 9.45. The second-order valence-corrected chi connectivity index (χ2v) is 8.16. The van der Waals surface area contributed by atoms with Crippen molar-refractivity contribution in [2.75, 3.05) is 19.1 Å². The van der Waals surface area contributed by atoms with Crippen LogP contribution >= 0.6 is 31.9 Å². The lowest BCUT2D eigenvalue weighted by Crippen LogP contribution is -2.34. The number of ether oxygens (including phenoxy) is 3. The fourth-order valence-electron chi connectivity index (χ4n) is 2.22. The van der Waals surface area contributed by atoms with Crippen molar-refractivity contribution in [1.82, 2.24) is 0 Å². The van der Waals surface area contributed by atoms with Gasteiger partial charge in [-0.2, -0.15) is 0 Å². The molecule has 0 aliphatic rings. The molecule has 0 aliphatic heterocycles.